The summed E-state index contributed by atoms with van der Waals surface area (Å²) in [6, 6.07) is 4.00. The molecule has 0 radical (unpaired) electrons. The van der Waals surface area contributed by atoms with Crippen LogP contribution >= 0.6 is 0 Å². The highest BCUT2D eigenvalue weighted by Gasteiger charge is 2.13. The monoisotopic (exact) mass is 248 g/mol. The van der Waals surface area contributed by atoms with Crippen LogP contribution in [0.5, 0.6) is 0 Å². The van der Waals surface area contributed by atoms with Crippen LogP contribution in [0.25, 0.3) is 0 Å². The highest BCUT2D eigenvalue weighted by atomic mass is 16.1. The molecule has 1 aliphatic rings. The smallest absolute Gasteiger partial charge is 0.234 e. The topological polar surface area (TPSA) is 57.3 Å². The van der Waals surface area contributed by atoms with E-state index in [0.717, 1.165) is 24.5 Å². The maximum atomic E-state index is 11.4. The number of pyridine rings is 1. The molecule has 98 valence electrons. The Balaban J connectivity index is 1.92. The summed E-state index contributed by atoms with van der Waals surface area (Å²) in [5.74, 6) is 1.03. The molecule has 1 amide bonds. The minimum atomic E-state index is 0.0111. The van der Waals surface area contributed by atoms with Gasteiger partial charge in [-0.3, -0.25) is 4.79 Å². The first-order chi connectivity index (χ1) is 8.79. The molecule has 0 aromatic carbocycles. The molecular weight excluding hydrogens is 228 g/mol. The molecule has 1 fully saturated rings. The van der Waals surface area contributed by atoms with E-state index in [1.54, 1.807) is 7.05 Å². The molecule has 1 aromatic heterocycles. The second kappa shape index (κ2) is 6.35. The number of rotatable bonds is 5. The second-order valence-corrected chi connectivity index (χ2v) is 4.52. The summed E-state index contributed by atoms with van der Waals surface area (Å²) in [5, 5.41) is 5.70. The molecule has 18 heavy (non-hydrogen) atoms. The number of carbonyl (C=O) groups excluding carboxylic acids is 1. The Bertz CT molecular complexity index is 402. The van der Waals surface area contributed by atoms with E-state index in [0.29, 0.717) is 13.1 Å². The van der Waals surface area contributed by atoms with Crippen LogP contribution in [0.4, 0.5) is 5.82 Å². The molecule has 0 unspecified atom stereocenters. The Hall–Kier alpha value is -1.62. The van der Waals surface area contributed by atoms with Gasteiger partial charge in [-0.25, -0.2) is 4.98 Å². The number of anilines is 1. The van der Waals surface area contributed by atoms with Gasteiger partial charge in [0.2, 0.25) is 5.91 Å². The first-order valence-electron chi connectivity index (χ1n) is 6.41. The summed E-state index contributed by atoms with van der Waals surface area (Å²) >= 11 is 0. The van der Waals surface area contributed by atoms with Crippen molar-refractivity contribution in [2.45, 2.75) is 19.4 Å². The Kier molecular flexibility index (Phi) is 4.52. The zero-order valence-electron chi connectivity index (χ0n) is 10.8. The van der Waals surface area contributed by atoms with Gasteiger partial charge in [-0.2, -0.15) is 0 Å². The van der Waals surface area contributed by atoms with E-state index in [4.69, 9.17) is 0 Å². The highest BCUT2D eigenvalue weighted by molar-refractivity contribution is 5.77. The van der Waals surface area contributed by atoms with Crippen molar-refractivity contribution in [1.82, 2.24) is 15.6 Å². The quantitative estimate of drug-likeness (QED) is 0.797. The number of amides is 1. The van der Waals surface area contributed by atoms with Gasteiger partial charge < -0.3 is 15.5 Å². The third-order valence-electron chi connectivity index (χ3n) is 3.07. The average Bonchev–Trinajstić information content (AvgIpc) is 2.91. The number of carbonyl (C=O) groups is 1. The third kappa shape index (κ3) is 3.43. The Labute approximate surface area is 108 Å². The normalized spacial score (nSPS) is 14.8. The number of hydrogen-bond donors (Lipinski definition) is 2. The fourth-order valence-electron chi connectivity index (χ4n) is 2.11. The van der Waals surface area contributed by atoms with Crippen molar-refractivity contribution >= 4 is 11.7 Å². The maximum Gasteiger partial charge on any atom is 0.234 e. The Morgan fingerprint density at radius 3 is 2.94 bits per heavy atom. The zero-order valence-corrected chi connectivity index (χ0v) is 10.8. The van der Waals surface area contributed by atoms with Crippen LogP contribution in [0.3, 0.4) is 0 Å². The lowest BCUT2D eigenvalue weighted by molar-refractivity contribution is -0.120. The summed E-state index contributed by atoms with van der Waals surface area (Å²) in [4.78, 5) is 18.0. The van der Waals surface area contributed by atoms with Gasteiger partial charge in [-0.05, 0) is 37.6 Å². The molecular formula is C13H20N4O. The maximum absolute atomic E-state index is 11.4. The van der Waals surface area contributed by atoms with Crippen LogP contribution in [0.1, 0.15) is 18.4 Å². The third-order valence-corrected chi connectivity index (χ3v) is 3.07. The van der Waals surface area contributed by atoms with E-state index >= 15 is 0 Å². The summed E-state index contributed by atoms with van der Waals surface area (Å²) in [7, 11) is 1.76. The minimum Gasteiger partial charge on any atom is -0.357 e. The first-order valence-corrected chi connectivity index (χ1v) is 6.41. The largest absolute Gasteiger partial charge is 0.357 e. The molecule has 1 aromatic rings. The highest BCUT2D eigenvalue weighted by Crippen LogP contribution is 2.18. The zero-order chi connectivity index (χ0) is 12.8. The van der Waals surface area contributed by atoms with E-state index < -0.39 is 0 Å². The first kappa shape index (κ1) is 12.8. The second-order valence-electron chi connectivity index (χ2n) is 4.52. The molecule has 0 atom stereocenters. The van der Waals surface area contributed by atoms with Crippen LogP contribution in [0, 0.1) is 0 Å². The lowest BCUT2D eigenvalue weighted by atomic mass is 10.2. The standard InChI is InChI=1S/C13H20N4O/c1-14-10-13(18)16-9-11-4-5-15-12(8-11)17-6-2-3-7-17/h4-5,8,14H,2-3,6-7,9-10H2,1H3,(H,16,18). The number of nitrogens with zero attached hydrogens (tertiary/aromatic N) is 2. The summed E-state index contributed by atoms with van der Waals surface area (Å²) in [6.45, 7) is 3.08. The molecule has 0 saturated carbocycles. The van der Waals surface area contributed by atoms with Crippen LogP contribution in [-0.4, -0.2) is 37.6 Å². The fourth-order valence-corrected chi connectivity index (χ4v) is 2.11. The number of hydrogen-bond acceptors (Lipinski definition) is 4. The summed E-state index contributed by atoms with van der Waals surface area (Å²) in [5.41, 5.74) is 1.09. The Morgan fingerprint density at radius 2 is 2.22 bits per heavy atom. The van der Waals surface area contributed by atoms with E-state index in [2.05, 4.69) is 26.6 Å². The minimum absolute atomic E-state index is 0.0111. The van der Waals surface area contributed by atoms with E-state index in [-0.39, 0.29) is 5.91 Å². The van der Waals surface area contributed by atoms with Gasteiger partial charge >= 0.3 is 0 Å². The molecule has 2 rings (SSSR count). The predicted octanol–water partition coefficient (Wildman–Crippen LogP) is 0.517. The van der Waals surface area contributed by atoms with Crippen LogP contribution < -0.4 is 15.5 Å². The lowest BCUT2D eigenvalue weighted by Gasteiger charge is -2.16. The van der Waals surface area contributed by atoms with Crippen molar-refractivity contribution < 1.29 is 4.79 Å². The van der Waals surface area contributed by atoms with Crippen LogP contribution in [-0.2, 0) is 11.3 Å². The number of likely N-dealkylation sites (N-methyl/N-ethyl adjacent to an activating group) is 1. The predicted molar refractivity (Wildman–Crippen MR) is 71.5 cm³/mol. The van der Waals surface area contributed by atoms with Gasteiger partial charge in [-0.1, -0.05) is 0 Å². The van der Waals surface area contributed by atoms with Gasteiger partial charge in [-0.15, -0.1) is 0 Å². The average molecular weight is 248 g/mol. The van der Waals surface area contributed by atoms with Crippen molar-refractivity contribution in [3.63, 3.8) is 0 Å². The molecule has 1 saturated heterocycles. The van der Waals surface area contributed by atoms with Crippen molar-refractivity contribution in [2.24, 2.45) is 0 Å². The van der Waals surface area contributed by atoms with Gasteiger partial charge in [0.05, 0.1) is 6.54 Å². The van der Waals surface area contributed by atoms with Gasteiger partial charge in [0.15, 0.2) is 0 Å². The van der Waals surface area contributed by atoms with Crippen molar-refractivity contribution in [3.05, 3.63) is 23.9 Å². The summed E-state index contributed by atoms with van der Waals surface area (Å²) < 4.78 is 0. The number of nitrogens with one attached hydrogen (secondary N) is 2. The molecule has 2 N–H and O–H groups in total. The van der Waals surface area contributed by atoms with Crippen molar-refractivity contribution in [3.8, 4) is 0 Å². The Morgan fingerprint density at radius 1 is 1.44 bits per heavy atom. The van der Waals surface area contributed by atoms with Crippen molar-refractivity contribution in [2.75, 3.05) is 31.6 Å². The van der Waals surface area contributed by atoms with E-state index in [1.165, 1.54) is 12.8 Å². The van der Waals surface area contributed by atoms with Crippen LogP contribution in [0.15, 0.2) is 18.3 Å². The summed E-state index contributed by atoms with van der Waals surface area (Å²) in [6.07, 6.45) is 4.29. The van der Waals surface area contributed by atoms with Gasteiger partial charge in [0.1, 0.15) is 5.82 Å². The molecule has 0 bridgehead atoms. The molecule has 0 spiro atoms. The van der Waals surface area contributed by atoms with Gasteiger partial charge in [0.25, 0.3) is 0 Å². The SMILES string of the molecule is CNCC(=O)NCc1ccnc(N2CCCC2)c1. The van der Waals surface area contributed by atoms with Gasteiger partial charge in [0, 0.05) is 25.8 Å². The lowest BCUT2D eigenvalue weighted by Crippen LogP contribution is -2.31. The molecule has 2 heterocycles. The molecule has 1 aliphatic heterocycles. The molecule has 5 nitrogen and oxygen atoms in total. The molecule has 0 aliphatic carbocycles. The van der Waals surface area contributed by atoms with E-state index in [1.807, 2.05) is 12.3 Å². The molecule has 5 heteroatoms. The van der Waals surface area contributed by atoms with Crippen LogP contribution in [0.2, 0.25) is 0 Å². The van der Waals surface area contributed by atoms with E-state index in [9.17, 15) is 4.79 Å². The van der Waals surface area contributed by atoms with Crippen molar-refractivity contribution in [1.29, 1.82) is 0 Å². The number of aromatic nitrogens is 1. The fraction of sp³-hybridized carbons (Fsp3) is 0.538.